The van der Waals surface area contributed by atoms with Crippen LogP contribution in [0.4, 0.5) is 5.13 Å². The second kappa shape index (κ2) is 11.2. The molecule has 0 saturated heterocycles. The lowest BCUT2D eigenvalue weighted by Crippen LogP contribution is -2.26. The van der Waals surface area contributed by atoms with Crippen LogP contribution in [0, 0.1) is 18.8 Å². The minimum absolute atomic E-state index is 0.159. The van der Waals surface area contributed by atoms with Gasteiger partial charge < -0.3 is 5.32 Å². The third-order valence-corrected chi connectivity index (χ3v) is 10.3. The van der Waals surface area contributed by atoms with Crippen molar-refractivity contribution in [2.75, 3.05) is 11.1 Å². The fraction of sp³-hybridized carbons (Fsp3) is 0.500. The van der Waals surface area contributed by atoms with Gasteiger partial charge in [0.15, 0.2) is 15.0 Å². The number of nitrogens with one attached hydrogen (secondary N) is 1. The molecule has 0 bridgehead atoms. The smallest absolute Gasteiger partial charge is 0.230 e. The average Bonchev–Trinajstić information content (AvgIpc) is 3.57. The standard InChI is InChI=1S/C28H35N5O3S2/c1-18(2)27-26-24(16-33(27)15-22-13-29-19(3)30-14-22)37-28(32-26)31-25(34)12-20-8-10-23(11-9-20)38(35,36)17-21-6-4-5-7-21/h8-11,13-14,18,21,27H,4-7,12,15-17H2,1-3H3,(H,31,32,34)/t27-/m0/s1. The first-order valence-electron chi connectivity index (χ1n) is 13.3. The van der Waals surface area contributed by atoms with Crippen LogP contribution in [0.25, 0.3) is 0 Å². The van der Waals surface area contributed by atoms with E-state index in [1.54, 1.807) is 24.3 Å². The molecule has 2 aliphatic rings. The molecule has 1 aromatic carbocycles. The number of anilines is 1. The number of carbonyl (C=O) groups is 1. The van der Waals surface area contributed by atoms with E-state index in [4.69, 9.17) is 4.98 Å². The Bertz CT molecular complexity index is 1380. The van der Waals surface area contributed by atoms with E-state index in [1.807, 2.05) is 19.3 Å². The van der Waals surface area contributed by atoms with Gasteiger partial charge in [-0.15, -0.1) is 11.3 Å². The number of hydrogen-bond acceptors (Lipinski definition) is 8. The molecule has 38 heavy (non-hydrogen) atoms. The largest absolute Gasteiger partial charge is 0.302 e. The molecule has 10 heteroatoms. The molecule has 1 aliphatic carbocycles. The summed E-state index contributed by atoms with van der Waals surface area (Å²) < 4.78 is 25.5. The van der Waals surface area contributed by atoms with Crippen molar-refractivity contribution in [3.8, 4) is 0 Å². The molecule has 1 fully saturated rings. The number of benzene rings is 1. The van der Waals surface area contributed by atoms with E-state index in [9.17, 15) is 13.2 Å². The van der Waals surface area contributed by atoms with Crippen molar-refractivity contribution >= 4 is 32.2 Å². The highest BCUT2D eigenvalue weighted by atomic mass is 32.2. The molecule has 3 heterocycles. The van der Waals surface area contributed by atoms with Crippen molar-refractivity contribution < 1.29 is 13.2 Å². The fourth-order valence-corrected chi connectivity index (χ4v) is 8.33. The zero-order chi connectivity index (χ0) is 26.9. The van der Waals surface area contributed by atoms with E-state index in [-0.39, 0.29) is 30.0 Å². The maximum atomic E-state index is 12.8. The number of aromatic nitrogens is 3. The minimum atomic E-state index is -3.29. The number of hydrogen-bond donors (Lipinski definition) is 1. The molecule has 1 saturated carbocycles. The van der Waals surface area contributed by atoms with E-state index in [0.29, 0.717) is 15.9 Å². The van der Waals surface area contributed by atoms with Crippen LogP contribution in [-0.2, 0) is 34.1 Å². The Balaban J connectivity index is 1.20. The van der Waals surface area contributed by atoms with E-state index < -0.39 is 9.84 Å². The fourth-order valence-electron chi connectivity index (χ4n) is 5.59. The number of thiazole rings is 1. The van der Waals surface area contributed by atoms with Crippen LogP contribution in [0.15, 0.2) is 41.6 Å². The molecule has 1 N–H and O–H groups in total. The number of rotatable bonds is 9. The quantitative estimate of drug-likeness (QED) is 0.393. The molecule has 0 unspecified atom stereocenters. The molecule has 1 aliphatic heterocycles. The number of fused-ring (bicyclic) bond motifs is 1. The van der Waals surface area contributed by atoms with Gasteiger partial charge in [-0.25, -0.2) is 23.4 Å². The van der Waals surface area contributed by atoms with Crippen LogP contribution in [-0.4, -0.2) is 39.9 Å². The lowest BCUT2D eigenvalue weighted by molar-refractivity contribution is -0.115. The Morgan fingerprint density at radius 1 is 1.11 bits per heavy atom. The Kier molecular flexibility index (Phi) is 7.93. The van der Waals surface area contributed by atoms with Gasteiger partial charge in [0.2, 0.25) is 5.91 Å². The Morgan fingerprint density at radius 2 is 1.79 bits per heavy atom. The van der Waals surface area contributed by atoms with Crippen LogP contribution in [0.1, 0.15) is 73.1 Å². The minimum Gasteiger partial charge on any atom is -0.302 e. The van der Waals surface area contributed by atoms with Gasteiger partial charge in [-0.05, 0) is 49.3 Å². The normalized spacial score (nSPS) is 18.3. The van der Waals surface area contributed by atoms with E-state index in [2.05, 4.69) is 34.0 Å². The van der Waals surface area contributed by atoms with Crippen molar-refractivity contribution in [1.29, 1.82) is 0 Å². The predicted molar refractivity (Wildman–Crippen MR) is 148 cm³/mol. The first kappa shape index (κ1) is 26.9. The first-order chi connectivity index (χ1) is 18.2. The zero-order valence-electron chi connectivity index (χ0n) is 22.2. The topological polar surface area (TPSA) is 105 Å². The van der Waals surface area contributed by atoms with Gasteiger partial charge in [-0.2, -0.15) is 0 Å². The number of amides is 1. The van der Waals surface area contributed by atoms with Gasteiger partial charge in [0.25, 0.3) is 0 Å². The van der Waals surface area contributed by atoms with Crippen LogP contribution < -0.4 is 5.32 Å². The zero-order valence-corrected chi connectivity index (χ0v) is 23.8. The summed E-state index contributed by atoms with van der Waals surface area (Å²) in [4.78, 5) is 30.1. The lowest BCUT2D eigenvalue weighted by Gasteiger charge is -2.27. The van der Waals surface area contributed by atoms with Crippen molar-refractivity contribution in [3.05, 3.63) is 64.2 Å². The van der Waals surface area contributed by atoms with E-state index in [1.165, 1.54) is 16.2 Å². The molecule has 3 aromatic rings. The summed E-state index contributed by atoms with van der Waals surface area (Å²) >= 11 is 1.52. The molecule has 1 atom stereocenters. The Hall–Kier alpha value is -2.69. The maximum absolute atomic E-state index is 12.8. The van der Waals surface area contributed by atoms with E-state index in [0.717, 1.165) is 61.4 Å². The Labute approximate surface area is 228 Å². The number of aryl methyl sites for hydroxylation is 1. The maximum Gasteiger partial charge on any atom is 0.230 e. The summed E-state index contributed by atoms with van der Waals surface area (Å²) in [5, 5.41) is 3.57. The summed E-state index contributed by atoms with van der Waals surface area (Å²) in [6, 6.07) is 6.90. The number of nitrogens with zero attached hydrogens (tertiary/aromatic N) is 4. The van der Waals surface area contributed by atoms with Crippen molar-refractivity contribution in [2.45, 2.75) is 76.9 Å². The molecule has 202 valence electrons. The summed E-state index contributed by atoms with van der Waals surface area (Å²) in [5.41, 5.74) is 2.88. The van der Waals surface area contributed by atoms with Crippen molar-refractivity contribution in [3.63, 3.8) is 0 Å². The highest BCUT2D eigenvalue weighted by Crippen LogP contribution is 2.43. The second-order valence-corrected chi connectivity index (χ2v) is 14.0. The Morgan fingerprint density at radius 3 is 2.45 bits per heavy atom. The summed E-state index contributed by atoms with van der Waals surface area (Å²) in [6.07, 6.45) is 8.15. The highest BCUT2D eigenvalue weighted by molar-refractivity contribution is 7.91. The molecular formula is C28H35N5O3S2. The summed E-state index contributed by atoms with van der Waals surface area (Å²) in [7, 11) is -3.29. The monoisotopic (exact) mass is 553 g/mol. The molecule has 5 rings (SSSR count). The number of carbonyl (C=O) groups excluding carboxylic acids is 1. The molecular weight excluding hydrogens is 518 g/mol. The summed E-state index contributed by atoms with van der Waals surface area (Å²) in [6.45, 7) is 7.78. The molecule has 2 aromatic heterocycles. The van der Waals surface area contributed by atoms with Crippen LogP contribution in [0.2, 0.25) is 0 Å². The van der Waals surface area contributed by atoms with Gasteiger partial charge in [0.05, 0.1) is 28.8 Å². The molecule has 0 radical (unpaired) electrons. The van der Waals surface area contributed by atoms with Gasteiger partial charge in [-0.3, -0.25) is 9.69 Å². The first-order valence-corrected chi connectivity index (χ1v) is 15.8. The van der Waals surface area contributed by atoms with E-state index >= 15 is 0 Å². The third-order valence-electron chi connectivity index (χ3n) is 7.42. The lowest BCUT2D eigenvalue weighted by atomic mass is 10.0. The third kappa shape index (κ3) is 6.13. The summed E-state index contributed by atoms with van der Waals surface area (Å²) in [5.74, 6) is 1.45. The SMILES string of the molecule is Cc1ncc(CN2Cc3sc(NC(=O)Cc4ccc(S(=O)(=O)CC5CCCC5)cc4)nc3[C@@H]2C(C)C)cn1. The van der Waals surface area contributed by atoms with Gasteiger partial charge in [-0.1, -0.05) is 38.8 Å². The van der Waals surface area contributed by atoms with Crippen LogP contribution >= 0.6 is 11.3 Å². The van der Waals surface area contributed by atoms with Gasteiger partial charge in [0, 0.05) is 35.9 Å². The molecule has 8 nitrogen and oxygen atoms in total. The molecule has 1 amide bonds. The average molecular weight is 554 g/mol. The highest BCUT2D eigenvalue weighted by Gasteiger charge is 2.36. The molecule has 0 spiro atoms. The van der Waals surface area contributed by atoms with Crippen molar-refractivity contribution in [2.24, 2.45) is 11.8 Å². The van der Waals surface area contributed by atoms with Crippen LogP contribution in [0.5, 0.6) is 0 Å². The van der Waals surface area contributed by atoms with Gasteiger partial charge in [0.1, 0.15) is 5.82 Å². The van der Waals surface area contributed by atoms with Gasteiger partial charge >= 0.3 is 0 Å². The van der Waals surface area contributed by atoms with Crippen LogP contribution in [0.3, 0.4) is 0 Å². The van der Waals surface area contributed by atoms with Crippen molar-refractivity contribution in [1.82, 2.24) is 19.9 Å². The predicted octanol–water partition coefficient (Wildman–Crippen LogP) is 5.10. The second-order valence-electron chi connectivity index (χ2n) is 10.9. The number of sulfone groups is 1.